The maximum absolute atomic E-state index is 12.9. The first-order chi connectivity index (χ1) is 14.4. The number of thiophene rings is 1. The summed E-state index contributed by atoms with van der Waals surface area (Å²) in [6, 6.07) is 8.19. The summed E-state index contributed by atoms with van der Waals surface area (Å²) >= 11 is 12.6. The van der Waals surface area contributed by atoms with Gasteiger partial charge in [-0.1, -0.05) is 23.2 Å². The second-order valence-electron chi connectivity index (χ2n) is 6.28. The third kappa shape index (κ3) is 4.98. The quantitative estimate of drug-likeness (QED) is 0.416. The molecule has 0 aliphatic carbocycles. The fraction of sp³-hybridized carbons (Fsp3) is 0.105. The van der Waals surface area contributed by atoms with E-state index in [4.69, 9.17) is 23.2 Å². The van der Waals surface area contributed by atoms with Gasteiger partial charge in [-0.3, -0.25) is 15.6 Å². The van der Waals surface area contributed by atoms with Crippen LogP contribution in [0.4, 0.5) is 18.9 Å². The largest absolute Gasteiger partial charge is 0.416 e. The van der Waals surface area contributed by atoms with E-state index in [9.17, 15) is 26.4 Å². The average molecular weight is 509 g/mol. The number of hydrogen-bond donors (Lipinski definition) is 2. The van der Waals surface area contributed by atoms with Gasteiger partial charge in [0.15, 0.2) is 0 Å². The van der Waals surface area contributed by atoms with E-state index < -0.39 is 27.5 Å². The van der Waals surface area contributed by atoms with Crippen LogP contribution in [0, 0.1) is 6.92 Å². The van der Waals surface area contributed by atoms with Crippen LogP contribution in [0.2, 0.25) is 10.0 Å². The van der Waals surface area contributed by atoms with Crippen molar-refractivity contribution in [1.82, 2.24) is 5.43 Å². The molecule has 12 heteroatoms. The Morgan fingerprint density at radius 1 is 1.06 bits per heavy atom. The number of hydrogen-bond acceptors (Lipinski definition) is 5. The van der Waals surface area contributed by atoms with Crippen LogP contribution in [0.5, 0.6) is 0 Å². The zero-order valence-electron chi connectivity index (χ0n) is 15.5. The Morgan fingerprint density at radius 2 is 1.71 bits per heavy atom. The number of carbonyl (C=O) groups is 1. The Kier molecular flexibility index (Phi) is 6.56. The third-order valence-electron chi connectivity index (χ3n) is 4.22. The second-order valence-corrected chi connectivity index (χ2v) is 9.92. The summed E-state index contributed by atoms with van der Waals surface area (Å²) in [5.41, 5.74) is 3.69. The van der Waals surface area contributed by atoms with Gasteiger partial charge in [0, 0.05) is 10.4 Å². The predicted molar refractivity (Wildman–Crippen MR) is 114 cm³/mol. The molecule has 0 aliphatic heterocycles. The Balaban J connectivity index is 1.82. The fourth-order valence-corrected chi connectivity index (χ4v) is 5.72. The molecule has 0 atom stereocenters. The lowest BCUT2D eigenvalue weighted by Gasteiger charge is -2.13. The number of anilines is 1. The summed E-state index contributed by atoms with van der Waals surface area (Å²) in [7, 11) is -3.89. The van der Waals surface area contributed by atoms with E-state index in [1.165, 1.54) is 36.6 Å². The molecule has 31 heavy (non-hydrogen) atoms. The molecule has 0 fully saturated rings. The zero-order valence-corrected chi connectivity index (χ0v) is 18.7. The second kappa shape index (κ2) is 8.70. The van der Waals surface area contributed by atoms with Crippen LogP contribution in [0.15, 0.2) is 57.6 Å². The molecule has 3 aromatic rings. The van der Waals surface area contributed by atoms with Crippen LogP contribution >= 0.6 is 34.5 Å². The lowest BCUT2D eigenvalue weighted by molar-refractivity contribution is -0.137. The number of nitrogens with one attached hydrogen (secondary N) is 2. The van der Waals surface area contributed by atoms with Gasteiger partial charge >= 0.3 is 6.18 Å². The van der Waals surface area contributed by atoms with Gasteiger partial charge in [0.05, 0.1) is 30.9 Å². The minimum Gasteiger partial charge on any atom is -0.297 e. The van der Waals surface area contributed by atoms with Gasteiger partial charge in [0.1, 0.15) is 0 Å². The van der Waals surface area contributed by atoms with Gasteiger partial charge in [-0.15, -0.1) is 11.3 Å². The normalized spacial score (nSPS) is 11.9. The summed E-state index contributed by atoms with van der Waals surface area (Å²) in [5.74, 6) is -0.728. The van der Waals surface area contributed by atoms with Crippen molar-refractivity contribution in [3.63, 3.8) is 0 Å². The van der Waals surface area contributed by atoms with Gasteiger partial charge in [0.2, 0.25) is 9.84 Å². The van der Waals surface area contributed by atoms with Crippen LogP contribution in [-0.2, 0) is 16.0 Å². The van der Waals surface area contributed by atoms with Crippen LogP contribution < -0.4 is 10.9 Å². The van der Waals surface area contributed by atoms with Crippen LogP contribution in [-0.4, -0.2) is 14.3 Å². The van der Waals surface area contributed by atoms with E-state index in [0.29, 0.717) is 5.02 Å². The van der Waals surface area contributed by atoms with Crippen LogP contribution in [0.3, 0.4) is 0 Å². The van der Waals surface area contributed by atoms with Crippen molar-refractivity contribution in [2.75, 3.05) is 5.43 Å². The Hall–Kier alpha value is -2.27. The zero-order chi connectivity index (χ0) is 23.0. The molecule has 0 saturated heterocycles. The van der Waals surface area contributed by atoms with E-state index in [1.54, 1.807) is 0 Å². The molecule has 0 bridgehead atoms. The molecule has 164 valence electrons. The highest BCUT2D eigenvalue weighted by atomic mass is 35.5. The molecule has 3 rings (SSSR count). The number of sulfone groups is 1. The van der Waals surface area contributed by atoms with Crippen molar-refractivity contribution in [2.24, 2.45) is 0 Å². The topological polar surface area (TPSA) is 75.3 Å². The summed E-state index contributed by atoms with van der Waals surface area (Å²) < 4.78 is 64.3. The van der Waals surface area contributed by atoms with Crippen LogP contribution in [0.1, 0.15) is 20.8 Å². The first-order valence-electron chi connectivity index (χ1n) is 8.43. The van der Waals surface area contributed by atoms with E-state index in [0.717, 1.165) is 29.5 Å². The smallest absolute Gasteiger partial charge is 0.297 e. The molecule has 0 saturated carbocycles. The lowest BCUT2D eigenvalue weighted by atomic mass is 10.2. The summed E-state index contributed by atoms with van der Waals surface area (Å²) in [5, 5.41) is 1.66. The summed E-state index contributed by atoms with van der Waals surface area (Å²) in [4.78, 5) is 12.5. The van der Waals surface area contributed by atoms with Gasteiger partial charge in [-0.05, 0) is 55.0 Å². The minimum absolute atomic E-state index is 0.0126. The molecule has 2 aromatic carbocycles. The molecule has 2 N–H and O–H groups in total. The van der Waals surface area contributed by atoms with E-state index in [-0.39, 0.29) is 30.9 Å². The Morgan fingerprint density at radius 3 is 2.32 bits per heavy atom. The molecule has 1 heterocycles. The summed E-state index contributed by atoms with van der Waals surface area (Å²) in [6.07, 6.45) is -4.58. The van der Waals surface area contributed by atoms with Crippen molar-refractivity contribution in [2.45, 2.75) is 22.9 Å². The number of rotatable bonds is 5. The molecule has 0 aliphatic rings. The molecular weight excluding hydrogens is 496 g/mol. The van der Waals surface area contributed by atoms with Crippen LogP contribution in [0.25, 0.3) is 0 Å². The van der Waals surface area contributed by atoms with Crippen molar-refractivity contribution in [3.8, 4) is 0 Å². The SMILES string of the molecule is Cc1c(S(=O)(=O)c2ccc(Cl)cc2)csc1C(=O)NNc1cc(C(F)(F)F)ccc1Cl. The number of amides is 1. The van der Waals surface area contributed by atoms with Gasteiger partial charge < -0.3 is 0 Å². The number of carbonyl (C=O) groups excluding carboxylic acids is 1. The van der Waals surface area contributed by atoms with E-state index in [1.807, 2.05) is 0 Å². The molecule has 5 nitrogen and oxygen atoms in total. The number of alkyl halides is 3. The number of hydrazine groups is 1. The average Bonchev–Trinajstić information content (AvgIpc) is 3.09. The molecular formula is C19H13Cl2F3N2O3S2. The van der Waals surface area contributed by atoms with Crippen molar-refractivity contribution < 1.29 is 26.4 Å². The van der Waals surface area contributed by atoms with Crippen molar-refractivity contribution in [3.05, 3.63) is 73.9 Å². The third-order valence-corrected chi connectivity index (χ3v) is 7.93. The Bertz CT molecular complexity index is 1240. The molecule has 1 aromatic heterocycles. The number of halogens is 5. The van der Waals surface area contributed by atoms with Gasteiger partial charge in [0.25, 0.3) is 5.91 Å². The van der Waals surface area contributed by atoms with E-state index >= 15 is 0 Å². The van der Waals surface area contributed by atoms with Crippen molar-refractivity contribution in [1.29, 1.82) is 0 Å². The lowest BCUT2D eigenvalue weighted by Crippen LogP contribution is -2.29. The molecule has 1 amide bonds. The molecule has 0 spiro atoms. The summed E-state index contributed by atoms with van der Waals surface area (Å²) in [6.45, 7) is 1.46. The minimum atomic E-state index is -4.58. The monoisotopic (exact) mass is 508 g/mol. The standard InChI is InChI=1S/C19H13Cl2F3N2O3S2/c1-10-16(31(28,29)13-5-3-12(20)4-6-13)9-30-17(10)18(27)26-25-15-8-11(19(22,23)24)2-7-14(15)21/h2-9,25H,1H3,(H,26,27). The maximum Gasteiger partial charge on any atom is 0.416 e. The highest BCUT2D eigenvalue weighted by molar-refractivity contribution is 7.91. The fourth-order valence-electron chi connectivity index (χ4n) is 2.61. The van der Waals surface area contributed by atoms with Crippen molar-refractivity contribution >= 4 is 56.0 Å². The highest BCUT2D eigenvalue weighted by Crippen LogP contribution is 2.34. The first-order valence-corrected chi connectivity index (χ1v) is 11.5. The van der Waals surface area contributed by atoms with E-state index in [2.05, 4.69) is 10.9 Å². The first kappa shape index (κ1) is 23.4. The van der Waals surface area contributed by atoms with Gasteiger partial charge in [-0.2, -0.15) is 13.2 Å². The van der Waals surface area contributed by atoms with Gasteiger partial charge in [-0.25, -0.2) is 8.42 Å². The Labute approximate surface area is 189 Å². The highest BCUT2D eigenvalue weighted by Gasteiger charge is 2.31. The molecule has 0 unspecified atom stereocenters. The maximum atomic E-state index is 12.9. The molecule has 0 radical (unpaired) electrons. The number of benzene rings is 2. The predicted octanol–water partition coefficient (Wildman–Crippen LogP) is 5.97.